The minimum atomic E-state index is -2.04. The number of hydrogen-bond donors (Lipinski definition) is 6. The van der Waals surface area contributed by atoms with Crippen LogP contribution in [0.4, 0.5) is 4.39 Å². The molecule has 0 bridgehead atoms. The predicted octanol–water partition coefficient (Wildman–Crippen LogP) is 1.28. The van der Waals surface area contributed by atoms with Crippen LogP contribution in [0.5, 0.6) is 0 Å². The largest absolute Gasteiger partial charge is 0.480 e. The lowest BCUT2D eigenvalue weighted by Crippen LogP contribution is -2.55. The molecule has 6 N–H and O–H groups in total. The highest BCUT2D eigenvalue weighted by molar-refractivity contribution is 14.1. The van der Waals surface area contributed by atoms with E-state index in [1.807, 2.05) is 12.1 Å². The molecule has 244 valence electrons. The zero-order valence-corrected chi connectivity index (χ0v) is 26.7. The molecule has 1 aromatic heterocycles. The lowest BCUT2D eigenvalue weighted by Gasteiger charge is -2.38. The number of aliphatic hydroxyl groups excluding tert-OH is 3. The molecule has 0 radical (unpaired) electrons. The molecular weight excluding hydrogens is 691 g/mol. The van der Waals surface area contributed by atoms with E-state index in [1.165, 1.54) is 11.8 Å². The van der Waals surface area contributed by atoms with Crippen LogP contribution in [0, 0.1) is 9.49 Å². The van der Waals surface area contributed by atoms with Gasteiger partial charge in [-0.25, -0.2) is 13.9 Å². The second-order valence-corrected chi connectivity index (χ2v) is 12.1. The first kappa shape index (κ1) is 35.7. The minimum Gasteiger partial charge on any atom is -0.480 e. The van der Waals surface area contributed by atoms with E-state index in [4.69, 9.17) is 4.74 Å². The Balaban J connectivity index is 1.41. The minimum absolute atomic E-state index is 0.0552. The lowest BCUT2D eigenvalue weighted by molar-refractivity contribution is -0.237. The Morgan fingerprint density at radius 1 is 1.14 bits per heavy atom. The maximum absolute atomic E-state index is 14.6. The average molecular weight is 733 g/mol. The molecule has 1 fully saturated rings. The van der Waals surface area contributed by atoms with Crippen molar-refractivity contribution in [3.8, 4) is 0 Å². The number of benzene rings is 1. The van der Waals surface area contributed by atoms with Gasteiger partial charge in [0, 0.05) is 28.9 Å². The number of carbonyl (C=O) groups is 3. The quantitative estimate of drug-likeness (QED) is 0.102. The van der Waals surface area contributed by atoms with Crippen molar-refractivity contribution in [3.63, 3.8) is 0 Å². The molecule has 1 aliphatic heterocycles. The first-order valence-electron chi connectivity index (χ1n) is 14.8. The number of halogens is 2. The van der Waals surface area contributed by atoms with Crippen LogP contribution in [0.3, 0.4) is 0 Å². The molecule has 13 nitrogen and oxygen atoms in total. The van der Waals surface area contributed by atoms with Crippen LogP contribution in [0.25, 0.3) is 0 Å². The number of amides is 2. The first-order valence-corrected chi connectivity index (χ1v) is 15.8. The average Bonchev–Trinajstić information content (AvgIpc) is 3.47. The zero-order chi connectivity index (χ0) is 32.2. The van der Waals surface area contributed by atoms with Gasteiger partial charge in [-0.3, -0.25) is 9.59 Å². The Morgan fingerprint density at radius 2 is 1.86 bits per heavy atom. The Labute approximate surface area is 268 Å². The van der Waals surface area contributed by atoms with Gasteiger partial charge in [-0.2, -0.15) is 0 Å². The summed E-state index contributed by atoms with van der Waals surface area (Å²) >= 11 is 2.25. The van der Waals surface area contributed by atoms with E-state index in [2.05, 4.69) is 55.7 Å². The molecule has 2 amide bonds. The molecular formula is C29H41FIN5O8. The molecule has 7 atom stereocenters. The van der Waals surface area contributed by atoms with Gasteiger partial charge in [-0.05, 0) is 78.8 Å². The Hall–Kier alpha value is -2.73. The molecule has 1 aromatic carbocycles. The van der Waals surface area contributed by atoms with Gasteiger partial charge >= 0.3 is 5.97 Å². The second-order valence-electron chi connectivity index (χ2n) is 10.9. The number of hydrogen-bond acceptors (Lipinski definition) is 9. The highest BCUT2D eigenvalue weighted by Gasteiger charge is 2.46. The fraction of sp³-hybridized carbons (Fsp3) is 0.621. The molecule has 0 saturated carbocycles. The van der Waals surface area contributed by atoms with Crippen molar-refractivity contribution in [2.75, 3.05) is 13.2 Å². The molecule has 1 aliphatic rings. The number of rotatable bonds is 17. The number of nitrogens with zero attached hydrogens (tertiary/aromatic N) is 3. The monoisotopic (exact) mass is 732 g/mol. The zero-order valence-electron chi connectivity index (χ0n) is 24.5. The summed E-state index contributed by atoms with van der Waals surface area (Å²) in [6.07, 6.45) is -3.14. The van der Waals surface area contributed by atoms with Gasteiger partial charge in [0.1, 0.15) is 24.4 Å². The van der Waals surface area contributed by atoms with E-state index in [9.17, 15) is 39.2 Å². The van der Waals surface area contributed by atoms with Crippen molar-refractivity contribution in [2.24, 2.45) is 5.92 Å². The van der Waals surface area contributed by atoms with E-state index in [0.29, 0.717) is 37.9 Å². The van der Waals surface area contributed by atoms with Crippen molar-refractivity contribution in [2.45, 2.75) is 95.0 Å². The van der Waals surface area contributed by atoms with E-state index in [0.717, 1.165) is 21.1 Å². The van der Waals surface area contributed by atoms with Crippen LogP contribution in [0.15, 0.2) is 30.5 Å². The van der Waals surface area contributed by atoms with Crippen molar-refractivity contribution in [1.82, 2.24) is 25.6 Å². The molecule has 2 aromatic rings. The summed E-state index contributed by atoms with van der Waals surface area (Å²) in [5.74, 6) is -2.35. The highest BCUT2D eigenvalue weighted by Crippen LogP contribution is 2.30. The number of aryl methyl sites for hydroxylation is 1. The third-order valence-electron chi connectivity index (χ3n) is 7.60. The third-order valence-corrected chi connectivity index (χ3v) is 8.32. The van der Waals surface area contributed by atoms with Crippen LogP contribution in [-0.4, -0.2) is 96.9 Å². The fourth-order valence-electron chi connectivity index (χ4n) is 4.92. The van der Waals surface area contributed by atoms with Gasteiger partial charge in [-0.15, -0.1) is 5.10 Å². The van der Waals surface area contributed by atoms with E-state index < -0.39 is 61.2 Å². The fourth-order valence-corrected chi connectivity index (χ4v) is 5.28. The maximum atomic E-state index is 14.6. The van der Waals surface area contributed by atoms with E-state index in [1.54, 1.807) is 6.92 Å². The Morgan fingerprint density at radius 3 is 2.52 bits per heavy atom. The van der Waals surface area contributed by atoms with E-state index >= 15 is 0 Å². The summed E-state index contributed by atoms with van der Waals surface area (Å²) in [7, 11) is 0. The smallest absolute Gasteiger partial charge is 0.326 e. The Bertz CT molecular complexity index is 1220. The molecule has 1 saturated heterocycles. The summed E-state index contributed by atoms with van der Waals surface area (Å²) in [6.45, 7) is 1.53. The molecule has 2 heterocycles. The van der Waals surface area contributed by atoms with Gasteiger partial charge in [0.15, 0.2) is 12.4 Å². The number of aromatic nitrogens is 3. The van der Waals surface area contributed by atoms with Gasteiger partial charge in [0.05, 0.1) is 18.5 Å². The molecule has 0 spiro atoms. The summed E-state index contributed by atoms with van der Waals surface area (Å²) in [4.78, 5) is 36.9. The highest BCUT2D eigenvalue weighted by atomic mass is 127. The van der Waals surface area contributed by atoms with Crippen LogP contribution >= 0.6 is 22.6 Å². The number of ether oxygens (including phenoxy) is 1. The van der Waals surface area contributed by atoms with Crippen molar-refractivity contribution >= 4 is 40.4 Å². The second kappa shape index (κ2) is 17.7. The molecule has 44 heavy (non-hydrogen) atoms. The summed E-state index contributed by atoms with van der Waals surface area (Å²) in [5.41, 5.74) is 1.49. The molecule has 3 rings (SSSR count). The first-order chi connectivity index (χ1) is 21.0. The normalized spacial score (nSPS) is 23.1. The molecule has 15 heteroatoms. The maximum Gasteiger partial charge on any atom is 0.326 e. The predicted molar refractivity (Wildman–Crippen MR) is 164 cm³/mol. The molecule has 0 aliphatic carbocycles. The van der Waals surface area contributed by atoms with Gasteiger partial charge in [0.25, 0.3) is 0 Å². The third kappa shape index (κ3) is 10.4. The van der Waals surface area contributed by atoms with Crippen molar-refractivity contribution in [3.05, 3.63) is 45.3 Å². The lowest BCUT2D eigenvalue weighted by atomic mass is 9.98. The number of nitrogens with one attached hydrogen (secondary N) is 2. The van der Waals surface area contributed by atoms with Gasteiger partial charge < -0.3 is 35.8 Å². The van der Waals surface area contributed by atoms with Gasteiger partial charge in [0.2, 0.25) is 11.8 Å². The number of unbranched alkanes of at least 4 members (excludes halogenated alkanes) is 1. The number of carboxylic acid groups (broad SMARTS) is 1. The van der Waals surface area contributed by atoms with E-state index in [-0.39, 0.29) is 18.7 Å². The van der Waals surface area contributed by atoms with Crippen molar-refractivity contribution in [1.29, 1.82) is 0 Å². The molecule has 3 unspecified atom stereocenters. The topological polar surface area (TPSA) is 196 Å². The van der Waals surface area contributed by atoms with Crippen LogP contribution < -0.4 is 10.6 Å². The van der Waals surface area contributed by atoms with Crippen LogP contribution in [0.2, 0.25) is 0 Å². The number of alkyl halides is 1. The standard InChI is InChI=1S/C29H41FIN5O8/c1-2-18(14-20-15-36(35-34-20)28-24(30)26(40)25(39)22(16-37)44-28)27(41)33-21(29(42)43)7-3-4-13-32-23(38)8-5-6-17-9-11-19(31)12-10-17/h9-12,15,18,21-22,24-26,28,37,39-40H,2-8,13-14,16H2,1H3,(H,32,38)(H,33,41)(H,42,43)/t18-,21?,22?,24+,25+,26?,28+/m0/s1/i30-1. The van der Waals surface area contributed by atoms with Gasteiger partial charge in [-0.1, -0.05) is 24.3 Å². The SMILES string of the molecule is CC[C@@H](Cc1cn([C@@H]2OC(CO)[C@@H](O)C(O)[C@H]2[18F])nn1)C(=O)NC(CCCCNC(=O)CCCc1ccc(I)cc1)C(=O)O. The van der Waals surface area contributed by atoms with Crippen molar-refractivity contribution < 1.29 is 43.9 Å². The number of aliphatic hydroxyl groups is 3. The summed E-state index contributed by atoms with van der Waals surface area (Å²) in [6, 6.07) is 7.06. The summed E-state index contributed by atoms with van der Waals surface area (Å²) in [5, 5.41) is 52.0. The van der Waals surface area contributed by atoms with Crippen LogP contribution in [-0.2, 0) is 32.0 Å². The summed E-state index contributed by atoms with van der Waals surface area (Å²) < 4.78 is 22.2. The Kier molecular flexibility index (Phi) is 14.4. The number of carbonyl (C=O) groups excluding carboxylic acids is 2. The van der Waals surface area contributed by atoms with Crippen LogP contribution in [0.1, 0.15) is 62.9 Å². The number of carboxylic acids is 1. The number of aliphatic carboxylic acids is 1.